The van der Waals surface area contributed by atoms with Gasteiger partial charge in [0.2, 0.25) is 0 Å². The molecule has 100 valence electrons. The SMILES string of the molecule is CCOC(=O)C1CCc2c(sc3cc(F)ccc23)C1. The normalized spacial score (nSPS) is 18.3. The number of benzene rings is 1. The second-order valence-electron chi connectivity index (χ2n) is 4.84. The van der Waals surface area contributed by atoms with E-state index in [4.69, 9.17) is 4.74 Å². The van der Waals surface area contributed by atoms with Crippen LogP contribution in [-0.4, -0.2) is 12.6 Å². The Bertz CT molecular complexity index is 632. The Kier molecular flexibility index (Phi) is 3.27. The molecule has 0 saturated carbocycles. The Morgan fingerprint density at radius 1 is 1.53 bits per heavy atom. The molecule has 1 aromatic carbocycles. The van der Waals surface area contributed by atoms with Crippen LogP contribution in [0.3, 0.4) is 0 Å². The molecule has 1 aromatic heterocycles. The molecule has 3 rings (SSSR count). The van der Waals surface area contributed by atoms with E-state index in [0.717, 1.165) is 29.3 Å². The number of rotatable bonds is 2. The maximum Gasteiger partial charge on any atom is 0.309 e. The van der Waals surface area contributed by atoms with Gasteiger partial charge >= 0.3 is 5.97 Å². The topological polar surface area (TPSA) is 26.3 Å². The Morgan fingerprint density at radius 3 is 3.16 bits per heavy atom. The van der Waals surface area contributed by atoms with Gasteiger partial charge in [-0.25, -0.2) is 4.39 Å². The molecule has 0 fully saturated rings. The third-order valence-electron chi connectivity index (χ3n) is 3.63. The molecule has 2 aromatic rings. The summed E-state index contributed by atoms with van der Waals surface area (Å²) in [6, 6.07) is 4.94. The molecule has 4 heteroatoms. The molecule has 0 bridgehead atoms. The number of halogens is 1. The molecule has 0 amide bonds. The Hall–Kier alpha value is -1.42. The lowest BCUT2D eigenvalue weighted by molar-refractivity contribution is -0.148. The molecule has 1 unspecified atom stereocenters. The summed E-state index contributed by atoms with van der Waals surface area (Å²) in [6.45, 7) is 2.26. The molecule has 2 nitrogen and oxygen atoms in total. The highest BCUT2D eigenvalue weighted by Crippen LogP contribution is 2.38. The molecule has 1 aliphatic rings. The van der Waals surface area contributed by atoms with Crippen LogP contribution in [-0.2, 0) is 22.4 Å². The summed E-state index contributed by atoms with van der Waals surface area (Å²) >= 11 is 1.61. The zero-order valence-corrected chi connectivity index (χ0v) is 11.6. The van der Waals surface area contributed by atoms with Gasteiger partial charge in [-0.2, -0.15) is 0 Å². The number of carbonyl (C=O) groups excluding carboxylic acids is 1. The first-order chi connectivity index (χ1) is 9.19. The lowest BCUT2D eigenvalue weighted by Gasteiger charge is -2.20. The number of thiophene rings is 1. The van der Waals surface area contributed by atoms with Crippen LogP contribution >= 0.6 is 11.3 Å². The molecule has 1 atom stereocenters. The number of aryl methyl sites for hydroxylation is 1. The van der Waals surface area contributed by atoms with Gasteiger partial charge in [0.05, 0.1) is 12.5 Å². The summed E-state index contributed by atoms with van der Waals surface area (Å²) < 4.78 is 19.3. The third-order valence-corrected chi connectivity index (χ3v) is 4.85. The maximum atomic E-state index is 13.2. The van der Waals surface area contributed by atoms with E-state index in [1.165, 1.54) is 16.5 Å². The molecule has 0 N–H and O–H groups in total. The number of hydrogen-bond donors (Lipinski definition) is 0. The highest BCUT2D eigenvalue weighted by molar-refractivity contribution is 7.19. The summed E-state index contributed by atoms with van der Waals surface area (Å²) in [7, 11) is 0. The van der Waals surface area contributed by atoms with Crippen LogP contribution in [0.5, 0.6) is 0 Å². The summed E-state index contributed by atoms with van der Waals surface area (Å²) in [5.74, 6) is -0.338. The van der Waals surface area contributed by atoms with Crippen molar-refractivity contribution in [2.75, 3.05) is 6.61 Å². The first kappa shape index (κ1) is 12.6. The lowest BCUT2D eigenvalue weighted by atomic mass is 9.87. The van der Waals surface area contributed by atoms with E-state index in [0.29, 0.717) is 6.61 Å². The fourth-order valence-electron chi connectivity index (χ4n) is 2.72. The monoisotopic (exact) mass is 278 g/mol. The highest BCUT2D eigenvalue weighted by Gasteiger charge is 2.28. The molecule has 1 heterocycles. The number of ether oxygens (including phenoxy) is 1. The van der Waals surface area contributed by atoms with Gasteiger partial charge in [-0.05, 0) is 49.3 Å². The van der Waals surface area contributed by atoms with Crippen LogP contribution in [0.25, 0.3) is 10.1 Å². The first-order valence-electron chi connectivity index (χ1n) is 6.55. The minimum Gasteiger partial charge on any atom is -0.466 e. The molecule has 19 heavy (non-hydrogen) atoms. The van der Waals surface area contributed by atoms with Crippen molar-refractivity contribution < 1.29 is 13.9 Å². The van der Waals surface area contributed by atoms with E-state index in [9.17, 15) is 9.18 Å². The quantitative estimate of drug-likeness (QED) is 0.783. The average molecular weight is 278 g/mol. The second kappa shape index (κ2) is 4.93. The van der Waals surface area contributed by atoms with Crippen molar-refractivity contribution in [2.45, 2.75) is 26.2 Å². The predicted molar refractivity (Wildman–Crippen MR) is 73.9 cm³/mol. The van der Waals surface area contributed by atoms with E-state index in [2.05, 4.69) is 0 Å². The van der Waals surface area contributed by atoms with Gasteiger partial charge in [-0.1, -0.05) is 6.07 Å². The summed E-state index contributed by atoms with van der Waals surface area (Å²) in [6.07, 6.45) is 2.44. The van der Waals surface area contributed by atoms with Gasteiger partial charge in [0.25, 0.3) is 0 Å². The van der Waals surface area contributed by atoms with E-state index in [-0.39, 0.29) is 17.7 Å². The van der Waals surface area contributed by atoms with E-state index in [1.54, 1.807) is 17.4 Å². The fraction of sp³-hybridized carbons (Fsp3) is 0.400. The zero-order valence-electron chi connectivity index (χ0n) is 10.7. The molecule has 0 radical (unpaired) electrons. The minimum absolute atomic E-state index is 0.0367. The van der Waals surface area contributed by atoms with Crippen molar-refractivity contribution in [3.63, 3.8) is 0 Å². The number of carbonyl (C=O) groups is 1. The van der Waals surface area contributed by atoms with Crippen molar-refractivity contribution in [1.29, 1.82) is 0 Å². The van der Waals surface area contributed by atoms with Gasteiger partial charge < -0.3 is 4.74 Å². The summed E-state index contributed by atoms with van der Waals surface area (Å²) in [5, 5.41) is 1.14. The molecule has 0 aliphatic heterocycles. The smallest absolute Gasteiger partial charge is 0.309 e. The molecular formula is C15H15FO2S. The Balaban J connectivity index is 1.93. The third kappa shape index (κ3) is 2.25. The van der Waals surface area contributed by atoms with Crippen LogP contribution < -0.4 is 0 Å². The molecule has 0 saturated heterocycles. The van der Waals surface area contributed by atoms with Crippen molar-refractivity contribution in [1.82, 2.24) is 0 Å². The Labute approximate surface area is 115 Å². The summed E-state index contributed by atoms with van der Waals surface area (Å²) in [4.78, 5) is 13.0. The summed E-state index contributed by atoms with van der Waals surface area (Å²) in [5.41, 5.74) is 1.29. The second-order valence-corrected chi connectivity index (χ2v) is 5.97. The molecule has 0 spiro atoms. The number of hydrogen-bond acceptors (Lipinski definition) is 3. The van der Waals surface area contributed by atoms with Crippen LogP contribution in [0.1, 0.15) is 23.8 Å². The van der Waals surface area contributed by atoms with Crippen molar-refractivity contribution >= 4 is 27.4 Å². The van der Waals surface area contributed by atoms with Gasteiger partial charge in [0, 0.05) is 9.58 Å². The lowest BCUT2D eigenvalue weighted by Crippen LogP contribution is -2.23. The minimum atomic E-state index is -0.201. The van der Waals surface area contributed by atoms with E-state index >= 15 is 0 Å². The highest BCUT2D eigenvalue weighted by atomic mass is 32.1. The Morgan fingerprint density at radius 2 is 2.37 bits per heavy atom. The van der Waals surface area contributed by atoms with Crippen molar-refractivity contribution in [3.05, 3.63) is 34.5 Å². The number of esters is 1. The largest absolute Gasteiger partial charge is 0.466 e. The van der Waals surface area contributed by atoms with Crippen molar-refractivity contribution in [3.8, 4) is 0 Å². The van der Waals surface area contributed by atoms with Gasteiger partial charge in [-0.3, -0.25) is 4.79 Å². The van der Waals surface area contributed by atoms with Gasteiger partial charge in [0.1, 0.15) is 5.82 Å². The first-order valence-corrected chi connectivity index (χ1v) is 7.37. The van der Waals surface area contributed by atoms with Crippen LogP contribution in [0.15, 0.2) is 18.2 Å². The maximum absolute atomic E-state index is 13.2. The average Bonchev–Trinajstić information content (AvgIpc) is 2.75. The van der Waals surface area contributed by atoms with Crippen LogP contribution in [0, 0.1) is 11.7 Å². The fourth-order valence-corrected chi connectivity index (χ4v) is 4.08. The van der Waals surface area contributed by atoms with Crippen molar-refractivity contribution in [2.24, 2.45) is 5.92 Å². The van der Waals surface area contributed by atoms with E-state index < -0.39 is 0 Å². The molecule has 1 aliphatic carbocycles. The van der Waals surface area contributed by atoms with E-state index in [1.807, 2.05) is 13.0 Å². The zero-order chi connectivity index (χ0) is 13.4. The predicted octanol–water partition coefficient (Wildman–Crippen LogP) is 3.71. The number of fused-ring (bicyclic) bond motifs is 3. The van der Waals surface area contributed by atoms with Crippen LogP contribution in [0.4, 0.5) is 4.39 Å². The van der Waals surface area contributed by atoms with Gasteiger partial charge in [-0.15, -0.1) is 11.3 Å². The van der Waals surface area contributed by atoms with Crippen LogP contribution in [0.2, 0.25) is 0 Å². The van der Waals surface area contributed by atoms with Gasteiger partial charge in [0.15, 0.2) is 0 Å². The standard InChI is InChI=1S/C15H15FO2S/c1-2-18-15(17)9-3-5-11-12-6-4-10(16)8-14(12)19-13(11)7-9/h4,6,8-9H,2-3,5,7H2,1H3. The molecular weight excluding hydrogens is 263 g/mol.